The first-order valence-electron chi connectivity index (χ1n) is 9.02. The van der Waals surface area contributed by atoms with E-state index in [-0.39, 0.29) is 29.4 Å². The molecule has 1 aliphatic rings. The van der Waals surface area contributed by atoms with Crippen molar-refractivity contribution < 1.29 is 17.9 Å². The predicted molar refractivity (Wildman–Crippen MR) is 99.3 cm³/mol. The topological polar surface area (TPSA) is 63.7 Å². The van der Waals surface area contributed by atoms with E-state index in [0.717, 1.165) is 17.7 Å². The Balaban J connectivity index is 2.11. The molecule has 6 heteroatoms. The zero-order valence-corrected chi connectivity index (χ0v) is 16.2. The van der Waals surface area contributed by atoms with Gasteiger partial charge in [0.05, 0.1) is 18.1 Å². The van der Waals surface area contributed by atoms with E-state index in [1.165, 1.54) is 0 Å². The molecular formula is C19H29NO4S. The smallest absolute Gasteiger partial charge is 0.223 e. The number of rotatable bonds is 8. The van der Waals surface area contributed by atoms with Gasteiger partial charge in [0.25, 0.3) is 0 Å². The molecule has 140 valence electrons. The highest BCUT2D eigenvalue weighted by Gasteiger charge is 2.34. The monoisotopic (exact) mass is 367 g/mol. The number of ether oxygens (including phenoxy) is 1. The Labute approximate surface area is 151 Å². The van der Waals surface area contributed by atoms with Gasteiger partial charge in [-0.3, -0.25) is 4.79 Å². The van der Waals surface area contributed by atoms with Gasteiger partial charge in [0.15, 0.2) is 9.84 Å². The summed E-state index contributed by atoms with van der Waals surface area (Å²) in [6.07, 6.45) is 1.92. The number of hydrogen-bond donors (Lipinski definition) is 0. The maximum absolute atomic E-state index is 12.7. The van der Waals surface area contributed by atoms with E-state index in [1.807, 2.05) is 38.1 Å². The number of hydrogen-bond acceptors (Lipinski definition) is 4. The molecule has 5 nitrogen and oxygen atoms in total. The standard InChI is InChI=1S/C19H29NO4S/c1-4-10-24-18-7-5-16(6-8-18)13-20(19(21)12-15(2)3)17-9-11-25(22,23)14-17/h5-8,15,17H,4,9-14H2,1-3H3/t17-/m0/s1. The summed E-state index contributed by atoms with van der Waals surface area (Å²) in [6.45, 7) is 7.18. The zero-order valence-electron chi connectivity index (χ0n) is 15.4. The van der Waals surface area contributed by atoms with Gasteiger partial charge in [-0.2, -0.15) is 0 Å². The zero-order chi connectivity index (χ0) is 18.4. The molecule has 1 heterocycles. The molecule has 1 aromatic rings. The number of carbonyl (C=O) groups is 1. The van der Waals surface area contributed by atoms with E-state index in [9.17, 15) is 13.2 Å². The third-order valence-electron chi connectivity index (χ3n) is 4.30. The molecule has 2 rings (SSSR count). The molecule has 1 atom stereocenters. The van der Waals surface area contributed by atoms with Gasteiger partial charge < -0.3 is 9.64 Å². The Morgan fingerprint density at radius 3 is 2.48 bits per heavy atom. The molecule has 1 saturated heterocycles. The fraction of sp³-hybridized carbons (Fsp3) is 0.632. The number of amides is 1. The lowest BCUT2D eigenvalue weighted by Crippen LogP contribution is -2.41. The summed E-state index contributed by atoms with van der Waals surface area (Å²) in [5, 5.41) is 0. The summed E-state index contributed by atoms with van der Waals surface area (Å²) in [7, 11) is -3.03. The van der Waals surface area contributed by atoms with Crippen LogP contribution in [0, 0.1) is 5.92 Å². The van der Waals surface area contributed by atoms with Crippen LogP contribution in [0.2, 0.25) is 0 Å². The maximum Gasteiger partial charge on any atom is 0.223 e. The minimum Gasteiger partial charge on any atom is -0.494 e. The van der Waals surface area contributed by atoms with Crippen LogP contribution in [0.1, 0.15) is 45.6 Å². The van der Waals surface area contributed by atoms with Crippen LogP contribution in [0.5, 0.6) is 5.75 Å². The van der Waals surface area contributed by atoms with E-state index >= 15 is 0 Å². The molecule has 0 spiro atoms. The average molecular weight is 368 g/mol. The first-order chi connectivity index (χ1) is 11.8. The van der Waals surface area contributed by atoms with Gasteiger partial charge in [-0.1, -0.05) is 32.9 Å². The minimum absolute atomic E-state index is 0.0309. The normalized spacial score (nSPS) is 19.1. The van der Waals surface area contributed by atoms with Crippen LogP contribution >= 0.6 is 0 Å². The molecule has 0 saturated carbocycles. The molecule has 1 fully saturated rings. The van der Waals surface area contributed by atoms with E-state index in [0.29, 0.717) is 26.0 Å². The number of sulfone groups is 1. The van der Waals surface area contributed by atoms with E-state index in [2.05, 4.69) is 6.92 Å². The first-order valence-corrected chi connectivity index (χ1v) is 10.8. The van der Waals surface area contributed by atoms with Crippen LogP contribution in [0.3, 0.4) is 0 Å². The van der Waals surface area contributed by atoms with Gasteiger partial charge in [0, 0.05) is 19.0 Å². The van der Waals surface area contributed by atoms with Crippen molar-refractivity contribution >= 4 is 15.7 Å². The van der Waals surface area contributed by atoms with Gasteiger partial charge in [-0.05, 0) is 36.5 Å². The van der Waals surface area contributed by atoms with Crippen LogP contribution in [0.25, 0.3) is 0 Å². The van der Waals surface area contributed by atoms with Crippen molar-refractivity contribution in [2.45, 2.75) is 52.6 Å². The first kappa shape index (κ1) is 19.8. The minimum atomic E-state index is -3.03. The largest absolute Gasteiger partial charge is 0.494 e. The Hall–Kier alpha value is -1.56. The van der Waals surface area contributed by atoms with Crippen molar-refractivity contribution in [3.8, 4) is 5.75 Å². The van der Waals surface area contributed by atoms with Gasteiger partial charge >= 0.3 is 0 Å². The SMILES string of the molecule is CCCOc1ccc(CN(C(=O)CC(C)C)[C@H]2CCS(=O)(=O)C2)cc1. The summed E-state index contributed by atoms with van der Waals surface area (Å²) in [5.74, 6) is 1.34. The molecule has 1 aliphatic heterocycles. The Morgan fingerprint density at radius 2 is 1.96 bits per heavy atom. The van der Waals surface area contributed by atoms with Crippen molar-refractivity contribution in [2.75, 3.05) is 18.1 Å². The lowest BCUT2D eigenvalue weighted by Gasteiger charge is -2.29. The lowest BCUT2D eigenvalue weighted by molar-refractivity contribution is -0.134. The number of benzene rings is 1. The van der Waals surface area contributed by atoms with Gasteiger partial charge in [0.1, 0.15) is 5.75 Å². The van der Waals surface area contributed by atoms with Gasteiger partial charge in [-0.15, -0.1) is 0 Å². The van der Waals surface area contributed by atoms with Crippen molar-refractivity contribution in [1.29, 1.82) is 0 Å². The summed E-state index contributed by atoms with van der Waals surface area (Å²) < 4.78 is 29.2. The molecular weight excluding hydrogens is 338 g/mol. The highest BCUT2D eigenvalue weighted by atomic mass is 32.2. The quantitative estimate of drug-likeness (QED) is 0.708. The van der Waals surface area contributed by atoms with Crippen LogP contribution in [0.4, 0.5) is 0 Å². The molecule has 0 aromatic heterocycles. The van der Waals surface area contributed by atoms with E-state index < -0.39 is 9.84 Å². The molecule has 1 amide bonds. The number of nitrogens with zero attached hydrogens (tertiary/aromatic N) is 1. The third kappa shape index (κ3) is 6.03. The van der Waals surface area contributed by atoms with Crippen LogP contribution in [-0.2, 0) is 21.2 Å². The Kier molecular flexibility index (Phi) is 6.87. The molecule has 1 aromatic carbocycles. The second-order valence-corrected chi connectivity index (χ2v) is 9.40. The van der Waals surface area contributed by atoms with Gasteiger partial charge in [-0.25, -0.2) is 8.42 Å². The van der Waals surface area contributed by atoms with E-state index in [1.54, 1.807) is 4.90 Å². The molecule has 0 N–H and O–H groups in total. The molecule has 0 bridgehead atoms. The second kappa shape index (κ2) is 8.70. The Morgan fingerprint density at radius 1 is 1.28 bits per heavy atom. The highest BCUT2D eigenvalue weighted by molar-refractivity contribution is 7.91. The summed E-state index contributed by atoms with van der Waals surface area (Å²) in [6, 6.07) is 7.49. The van der Waals surface area contributed by atoms with Crippen molar-refractivity contribution in [3.05, 3.63) is 29.8 Å². The van der Waals surface area contributed by atoms with Crippen LogP contribution in [-0.4, -0.2) is 43.4 Å². The fourth-order valence-corrected chi connectivity index (χ4v) is 4.75. The van der Waals surface area contributed by atoms with Gasteiger partial charge in [0.2, 0.25) is 5.91 Å². The van der Waals surface area contributed by atoms with Crippen molar-refractivity contribution in [3.63, 3.8) is 0 Å². The molecule has 0 aliphatic carbocycles. The van der Waals surface area contributed by atoms with Crippen LogP contribution < -0.4 is 4.74 Å². The molecule has 0 unspecified atom stereocenters. The van der Waals surface area contributed by atoms with E-state index in [4.69, 9.17) is 4.74 Å². The third-order valence-corrected chi connectivity index (χ3v) is 6.05. The summed E-state index contributed by atoms with van der Waals surface area (Å²) in [4.78, 5) is 14.4. The fourth-order valence-electron chi connectivity index (χ4n) is 3.02. The summed E-state index contributed by atoms with van der Waals surface area (Å²) in [5.41, 5.74) is 0.991. The van der Waals surface area contributed by atoms with Crippen LogP contribution in [0.15, 0.2) is 24.3 Å². The Bertz CT molecular complexity index is 667. The van der Waals surface area contributed by atoms with Crippen molar-refractivity contribution in [2.24, 2.45) is 5.92 Å². The molecule has 0 radical (unpaired) electrons. The highest BCUT2D eigenvalue weighted by Crippen LogP contribution is 2.23. The lowest BCUT2D eigenvalue weighted by atomic mass is 10.1. The predicted octanol–water partition coefficient (Wildman–Crippen LogP) is 3.04. The second-order valence-electron chi connectivity index (χ2n) is 7.17. The molecule has 25 heavy (non-hydrogen) atoms. The summed E-state index contributed by atoms with van der Waals surface area (Å²) >= 11 is 0. The maximum atomic E-state index is 12.7. The number of carbonyl (C=O) groups excluding carboxylic acids is 1. The average Bonchev–Trinajstić information content (AvgIpc) is 2.90. The van der Waals surface area contributed by atoms with Crippen molar-refractivity contribution in [1.82, 2.24) is 4.90 Å².